The van der Waals surface area contributed by atoms with E-state index in [2.05, 4.69) is 0 Å². The molecular weight excluding hydrogens is 260 g/mol. The molecular formula is C7H10CdO4. The number of hydrogen-bond acceptors (Lipinski definition) is 2. The van der Waals surface area contributed by atoms with Crippen LogP contribution in [0.2, 0.25) is 0 Å². The van der Waals surface area contributed by atoms with Gasteiger partial charge in [-0.05, 0) is 12.8 Å². The summed E-state index contributed by atoms with van der Waals surface area (Å²) in [6.45, 7) is 0. The van der Waals surface area contributed by atoms with Gasteiger partial charge in [-0.2, -0.15) is 0 Å². The van der Waals surface area contributed by atoms with Gasteiger partial charge in [0.25, 0.3) is 0 Å². The summed E-state index contributed by atoms with van der Waals surface area (Å²) < 4.78 is 0. The Morgan fingerprint density at radius 1 is 1.00 bits per heavy atom. The molecule has 0 aromatic heterocycles. The smallest absolute Gasteiger partial charge is 0.321 e. The molecule has 0 aromatic carbocycles. The van der Waals surface area contributed by atoms with Crippen LogP contribution in [0, 0.1) is 5.41 Å². The molecule has 2 N–H and O–H groups in total. The molecule has 1 aliphatic carbocycles. The first-order valence-electron chi connectivity index (χ1n) is 3.56. The van der Waals surface area contributed by atoms with Gasteiger partial charge in [0.15, 0.2) is 5.41 Å². The molecule has 0 atom stereocenters. The second-order valence-corrected chi connectivity index (χ2v) is 2.90. The van der Waals surface area contributed by atoms with Crippen LogP contribution in [-0.4, -0.2) is 22.2 Å². The Bertz CT molecular complexity index is 180. The van der Waals surface area contributed by atoms with Crippen LogP contribution in [0.1, 0.15) is 25.7 Å². The van der Waals surface area contributed by atoms with E-state index in [1.165, 1.54) is 0 Å². The minimum atomic E-state index is -1.47. The summed E-state index contributed by atoms with van der Waals surface area (Å²) in [6, 6.07) is 0. The summed E-state index contributed by atoms with van der Waals surface area (Å²) in [5.41, 5.74) is -1.47. The van der Waals surface area contributed by atoms with Gasteiger partial charge in [0.05, 0.1) is 0 Å². The van der Waals surface area contributed by atoms with E-state index in [1.807, 2.05) is 0 Å². The van der Waals surface area contributed by atoms with E-state index in [1.54, 1.807) is 0 Å². The molecule has 1 fully saturated rings. The van der Waals surface area contributed by atoms with Crippen LogP contribution >= 0.6 is 0 Å². The average molecular weight is 271 g/mol. The van der Waals surface area contributed by atoms with Gasteiger partial charge in [-0.25, -0.2) is 0 Å². The number of carbonyl (C=O) groups is 2. The van der Waals surface area contributed by atoms with Crippen molar-refractivity contribution in [3.63, 3.8) is 0 Å². The van der Waals surface area contributed by atoms with Crippen molar-refractivity contribution in [2.24, 2.45) is 5.41 Å². The van der Waals surface area contributed by atoms with Crippen LogP contribution in [0.5, 0.6) is 0 Å². The third kappa shape index (κ3) is 1.78. The molecule has 0 saturated heterocycles. The molecule has 4 nitrogen and oxygen atoms in total. The van der Waals surface area contributed by atoms with Gasteiger partial charge in [0.2, 0.25) is 0 Å². The predicted octanol–water partition coefficient (Wildman–Crippen LogP) is 0.713. The van der Waals surface area contributed by atoms with Crippen molar-refractivity contribution in [2.75, 3.05) is 0 Å². The zero-order valence-corrected chi connectivity index (χ0v) is 10.8. The Balaban J connectivity index is 0.00000121. The molecule has 0 aromatic rings. The first-order chi connectivity index (χ1) is 5.09. The number of aliphatic carboxylic acids is 2. The molecule has 12 heavy (non-hydrogen) atoms. The van der Waals surface area contributed by atoms with Gasteiger partial charge in [0.1, 0.15) is 0 Å². The third-order valence-corrected chi connectivity index (χ3v) is 2.28. The SMILES string of the molecule is O=C(O)C1(C(=O)O)CCCC1.[Cd]. The molecule has 0 unspecified atom stereocenters. The zero-order valence-electron chi connectivity index (χ0n) is 6.75. The van der Waals surface area contributed by atoms with Crippen molar-refractivity contribution in [2.45, 2.75) is 25.7 Å². The summed E-state index contributed by atoms with van der Waals surface area (Å²) in [6.07, 6.45) is 1.96. The summed E-state index contributed by atoms with van der Waals surface area (Å²) >= 11 is 0. The molecule has 0 heterocycles. The normalized spacial score (nSPS) is 19.7. The first kappa shape index (κ1) is 11.9. The second-order valence-electron chi connectivity index (χ2n) is 2.90. The van der Waals surface area contributed by atoms with Crippen molar-refractivity contribution >= 4 is 11.9 Å². The van der Waals surface area contributed by atoms with E-state index in [-0.39, 0.29) is 40.1 Å². The van der Waals surface area contributed by atoms with Gasteiger partial charge < -0.3 is 10.2 Å². The fourth-order valence-corrected chi connectivity index (χ4v) is 1.50. The standard InChI is InChI=1S/C7H10O4.Cd/c8-5(9)7(6(10)11)3-1-2-4-7;/h1-4H2,(H,8,9)(H,10,11);. The van der Waals surface area contributed by atoms with E-state index in [0.717, 1.165) is 0 Å². The first-order valence-corrected chi connectivity index (χ1v) is 3.56. The van der Waals surface area contributed by atoms with Crippen molar-refractivity contribution in [1.82, 2.24) is 0 Å². The van der Waals surface area contributed by atoms with Gasteiger partial charge in [-0.15, -0.1) is 0 Å². The van der Waals surface area contributed by atoms with Crippen molar-refractivity contribution in [3.05, 3.63) is 0 Å². The average Bonchev–Trinajstić information content (AvgIpc) is 2.34. The summed E-state index contributed by atoms with van der Waals surface area (Å²) in [5.74, 6) is -2.38. The van der Waals surface area contributed by atoms with Crippen LogP contribution in [0.4, 0.5) is 0 Å². The fourth-order valence-electron chi connectivity index (χ4n) is 1.50. The van der Waals surface area contributed by atoms with E-state index >= 15 is 0 Å². The molecule has 0 aliphatic heterocycles. The van der Waals surface area contributed by atoms with Crippen LogP contribution in [0.25, 0.3) is 0 Å². The monoisotopic (exact) mass is 272 g/mol. The summed E-state index contributed by atoms with van der Waals surface area (Å²) in [5, 5.41) is 17.3. The maximum atomic E-state index is 10.6. The van der Waals surface area contributed by atoms with E-state index in [9.17, 15) is 9.59 Å². The fraction of sp³-hybridized carbons (Fsp3) is 0.714. The minimum Gasteiger partial charge on any atom is -0.480 e. The largest absolute Gasteiger partial charge is 0.480 e. The molecule has 64 valence electrons. The Hall–Kier alpha value is -0.138. The Labute approximate surface area is 90.1 Å². The van der Waals surface area contributed by atoms with E-state index < -0.39 is 17.4 Å². The second kappa shape index (κ2) is 4.20. The summed E-state index contributed by atoms with van der Waals surface area (Å²) in [7, 11) is 0. The number of carboxylic acid groups (broad SMARTS) is 2. The predicted molar refractivity (Wildman–Crippen MR) is 36.2 cm³/mol. The van der Waals surface area contributed by atoms with Crippen LogP contribution in [0.15, 0.2) is 0 Å². The zero-order chi connectivity index (χ0) is 8.48. The molecule has 5 heteroatoms. The third-order valence-electron chi connectivity index (χ3n) is 2.28. The minimum absolute atomic E-state index is 0. The quantitative estimate of drug-likeness (QED) is 0.572. The molecule has 0 amide bonds. The Morgan fingerprint density at radius 3 is 1.50 bits per heavy atom. The van der Waals surface area contributed by atoms with E-state index in [0.29, 0.717) is 12.8 Å². The van der Waals surface area contributed by atoms with Crippen molar-refractivity contribution < 1.29 is 47.1 Å². The van der Waals surface area contributed by atoms with Gasteiger partial charge in [-0.3, -0.25) is 9.59 Å². The molecule has 1 saturated carbocycles. The molecule has 0 spiro atoms. The van der Waals surface area contributed by atoms with Gasteiger partial charge in [0, 0.05) is 27.3 Å². The Kier molecular flexibility index (Phi) is 4.15. The van der Waals surface area contributed by atoms with Crippen LogP contribution < -0.4 is 0 Å². The van der Waals surface area contributed by atoms with Crippen molar-refractivity contribution in [1.29, 1.82) is 0 Å². The number of rotatable bonds is 2. The molecule has 1 rings (SSSR count). The summed E-state index contributed by atoms with van der Waals surface area (Å²) in [4.78, 5) is 21.2. The molecule has 0 radical (unpaired) electrons. The topological polar surface area (TPSA) is 74.6 Å². The van der Waals surface area contributed by atoms with Crippen LogP contribution in [0.3, 0.4) is 0 Å². The maximum absolute atomic E-state index is 10.6. The Morgan fingerprint density at radius 2 is 1.33 bits per heavy atom. The van der Waals surface area contributed by atoms with Gasteiger partial charge in [-0.1, -0.05) is 12.8 Å². The van der Waals surface area contributed by atoms with E-state index in [4.69, 9.17) is 10.2 Å². The molecule has 1 aliphatic rings. The van der Waals surface area contributed by atoms with Crippen molar-refractivity contribution in [3.8, 4) is 0 Å². The maximum Gasteiger partial charge on any atom is 0.321 e. The van der Waals surface area contributed by atoms with Gasteiger partial charge >= 0.3 is 11.9 Å². The van der Waals surface area contributed by atoms with Crippen LogP contribution in [-0.2, 0) is 36.9 Å². The number of hydrogen-bond donors (Lipinski definition) is 2. The number of carboxylic acids is 2. The molecule has 0 bridgehead atoms.